The Morgan fingerprint density at radius 2 is 1.77 bits per heavy atom. The minimum Gasteiger partial charge on any atom is -0.0622 e. The first-order chi connectivity index (χ1) is 6.45. The summed E-state index contributed by atoms with van der Waals surface area (Å²) in [7, 11) is 0.583. The van der Waals surface area contributed by atoms with Gasteiger partial charge in [-0.1, -0.05) is 41.8 Å². The van der Waals surface area contributed by atoms with Crippen LogP contribution in [0, 0.1) is 6.08 Å². The monoisotopic (exact) mass is 181 g/mol. The molecule has 13 heavy (non-hydrogen) atoms. The molecule has 0 spiro atoms. The molecule has 0 bridgehead atoms. The van der Waals surface area contributed by atoms with Gasteiger partial charge in [-0.2, -0.15) is 0 Å². The topological polar surface area (TPSA) is 0 Å². The maximum atomic E-state index is 2.96. The van der Waals surface area contributed by atoms with Crippen LogP contribution in [0.3, 0.4) is 0 Å². The Balaban J connectivity index is 2.23. The van der Waals surface area contributed by atoms with E-state index in [1.165, 1.54) is 5.30 Å². The van der Waals surface area contributed by atoms with Crippen LogP contribution in [0.4, 0.5) is 0 Å². The highest BCUT2D eigenvalue weighted by molar-refractivity contribution is 7.51. The van der Waals surface area contributed by atoms with Gasteiger partial charge >= 0.3 is 0 Å². The normalized spacial score (nSPS) is 12.8. The Labute approximate surface area is 79.1 Å². The molecule has 0 aliphatic heterocycles. The molecule has 0 saturated heterocycles. The van der Waals surface area contributed by atoms with Crippen molar-refractivity contribution in [2.45, 2.75) is 0 Å². The molecular formula is C12H6P. The van der Waals surface area contributed by atoms with Gasteiger partial charge in [0, 0.05) is 5.31 Å². The molecule has 0 nitrogen and oxygen atoms in total. The zero-order valence-corrected chi connectivity index (χ0v) is 7.89. The molecule has 1 atom stereocenters. The van der Waals surface area contributed by atoms with Gasteiger partial charge in [-0.3, -0.25) is 0 Å². The summed E-state index contributed by atoms with van der Waals surface area (Å²) in [5, 5.41) is 2.29. The summed E-state index contributed by atoms with van der Waals surface area (Å²) in [4.78, 5) is 0. The average Bonchev–Trinajstić information content (AvgIpc) is 2.21. The van der Waals surface area contributed by atoms with Crippen molar-refractivity contribution in [3.05, 3.63) is 64.6 Å². The van der Waals surface area contributed by atoms with Crippen molar-refractivity contribution in [3.63, 3.8) is 0 Å². The van der Waals surface area contributed by atoms with Crippen molar-refractivity contribution in [2.24, 2.45) is 0 Å². The van der Waals surface area contributed by atoms with Gasteiger partial charge in [0.15, 0.2) is 0 Å². The van der Waals surface area contributed by atoms with Crippen LogP contribution in [0.15, 0.2) is 58.6 Å². The van der Waals surface area contributed by atoms with Crippen molar-refractivity contribution < 1.29 is 0 Å². The van der Waals surface area contributed by atoms with Crippen LogP contribution < -0.4 is 5.30 Å². The molecule has 59 valence electrons. The van der Waals surface area contributed by atoms with Crippen molar-refractivity contribution in [2.75, 3.05) is 0 Å². The van der Waals surface area contributed by atoms with E-state index in [0.29, 0.717) is 8.58 Å². The van der Waals surface area contributed by atoms with Crippen LogP contribution in [0.2, 0.25) is 0 Å². The Morgan fingerprint density at radius 3 is 2.46 bits per heavy atom. The standard InChI is InChI=1S/C12H6P/c1-3-7-11(8-4-1)13-12-9-5-2-6-10-12/h1,3-4,7-8,13H. The summed E-state index contributed by atoms with van der Waals surface area (Å²) in [6, 6.07) is 10.3. The second-order valence-corrected chi connectivity index (χ2v) is 3.82. The minimum absolute atomic E-state index is 0.583. The summed E-state index contributed by atoms with van der Waals surface area (Å²) >= 11 is 0. The first-order valence-corrected chi connectivity index (χ1v) is 4.91. The summed E-state index contributed by atoms with van der Waals surface area (Å²) in [6.07, 6.45) is 2.96. The minimum atomic E-state index is 0.583. The molecule has 2 rings (SSSR count). The molecule has 0 N–H and O–H groups in total. The molecule has 1 aromatic rings. The van der Waals surface area contributed by atoms with Crippen LogP contribution in [-0.2, 0) is 0 Å². The quantitative estimate of drug-likeness (QED) is 0.485. The SMILES string of the molecule is [C]1=C=C=C=C=C1Pc1ccccc1. The molecule has 0 fully saturated rings. The third kappa shape index (κ3) is 2.22. The van der Waals surface area contributed by atoms with Crippen LogP contribution >= 0.6 is 8.58 Å². The van der Waals surface area contributed by atoms with E-state index in [0.717, 1.165) is 5.31 Å². The lowest BCUT2D eigenvalue weighted by Gasteiger charge is -1.97. The second kappa shape index (κ2) is 3.95. The maximum Gasteiger partial charge on any atom is 0.0587 e. The van der Waals surface area contributed by atoms with Gasteiger partial charge in [0.2, 0.25) is 0 Å². The molecular weight excluding hydrogens is 175 g/mol. The lowest BCUT2D eigenvalue weighted by Crippen LogP contribution is -1.90. The van der Waals surface area contributed by atoms with E-state index in [-0.39, 0.29) is 0 Å². The van der Waals surface area contributed by atoms with E-state index < -0.39 is 0 Å². The predicted molar refractivity (Wildman–Crippen MR) is 55.2 cm³/mol. The largest absolute Gasteiger partial charge is 0.0622 e. The molecule has 1 aromatic carbocycles. The summed E-state index contributed by atoms with van der Waals surface area (Å²) in [6.45, 7) is 0. The fourth-order valence-electron chi connectivity index (χ4n) is 0.978. The molecule has 0 aromatic heterocycles. The summed E-state index contributed by atoms with van der Waals surface area (Å²) in [5.41, 5.74) is 11.1. The molecule has 1 unspecified atom stereocenters. The highest BCUT2D eigenvalue weighted by Crippen LogP contribution is 2.21. The first kappa shape index (κ1) is 8.12. The zero-order valence-electron chi connectivity index (χ0n) is 6.89. The highest BCUT2D eigenvalue weighted by atomic mass is 31.1. The zero-order chi connectivity index (χ0) is 8.93. The Morgan fingerprint density at radius 1 is 0.923 bits per heavy atom. The number of hydrogen-bond donors (Lipinski definition) is 0. The van der Waals surface area contributed by atoms with Crippen LogP contribution in [0.1, 0.15) is 0 Å². The second-order valence-electron chi connectivity index (χ2n) is 2.49. The number of benzene rings is 1. The molecule has 1 radical (unpaired) electrons. The van der Waals surface area contributed by atoms with E-state index in [9.17, 15) is 0 Å². The molecule has 0 amide bonds. The van der Waals surface area contributed by atoms with Gasteiger partial charge in [-0.25, -0.2) is 0 Å². The third-order valence-corrected chi connectivity index (χ3v) is 2.67. The number of allylic oxidation sites excluding steroid dienone is 2. The molecule has 1 aliphatic rings. The van der Waals surface area contributed by atoms with Crippen molar-refractivity contribution >= 4 is 13.9 Å². The van der Waals surface area contributed by atoms with E-state index >= 15 is 0 Å². The van der Waals surface area contributed by atoms with Crippen LogP contribution in [0.5, 0.6) is 0 Å². The van der Waals surface area contributed by atoms with Gasteiger partial charge in [-0.05, 0) is 25.3 Å². The van der Waals surface area contributed by atoms with Gasteiger partial charge in [0.05, 0.1) is 6.08 Å². The van der Waals surface area contributed by atoms with E-state index in [1.54, 1.807) is 0 Å². The highest BCUT2D eigenvalue weighted by Gasteiger charge is 1.95. The van der Waals surface area contributed by atoms with Gasteiger partial charge in [0.1, 0.15) is 0 Å². The smallest absolute Gasteiger partial charge is 0.0587 e. The average molecular weight is 181 g/mol. The first-order valence-electron chi connectivity index (χ1n) is 3.91. The molecule has 1 aliphatic carbocycles. The van der Waals surface area contributed by atoms with Gasteiger partial charge in [-0.15, -0.1) is 0 Å². The molecule has 1 heteroatoms. The fraction of sp³-hybridized carbons (Fsp3) is 0. The summed E-state index contributed by atoms with van der Waals surface area (Å²) in [5.74, 6) is 0. The van der Waals surface area contributed by atoms with Crippen molar-refractivity contribution in [1.82, 2.24) is 0 Å². The Hall–Kier alpha value is -1.49. The Kier molecular flexibility index (Phi) is 2.47. The Bertz CT molecular complexity index is 471. The number of rotatable bonds is 2. The van der Waals surface area contributed by atoms with Crippen LogP contribution in [0.25, 0.3) is 0 Å². The fourth-order valence-corrected chi connectivity index (χ4v) is 1.88. The van der Waals surface area contributed by atoms with E-state index in [2.05, 4.69) is 41.1 Å². The van der Waals surface area contributed by atoms with Gasteiger partial charge in [0.25, 0.3) is 0 Å². The molecule has 0 heterocycles. The molecule has 0 saturated carbocycles. The third-order valence-electron chi connectivity index (χ3n) is 1.54. The number of hydrogen-bond acceptors (Lipinski definition) is 0. The lowest BCUT2D eigenvalue weighted by molar-refractivity contribution is 1.76. The van der Waals surface area contributed by atoms with Gasteiger partial charge < -0.3 is 0 Å². The van der Waals surface area contributed by atoms with Crippen molar-refractivity contribution in [1.29, 1.82) is 0 Å². The van der Waals surface area contributed by atoms with Crippen LogP contribution in [-0.4, -0.2) is 0 Å². The summed E-state index contributed by atoms with van der Waals surface area (Å²) < 4.78 is 0. The van der Waals surface area contributed by atoms with Crippen molar-refractivity contribution in [3.8, 4) is 0 Å². The lowest BCUT2D eigenvalue weighted by atomic mass is 10.4. The maximum absolute atomic E-state index is 2.96. The van der Waals surface area contributed by atoms with E-state index in [1.807, 2.05) is 18.2 Å². The van der Waals surface area contributed by atoms with E-state index in [4.69, 9.17) is 0 Å². The predicted octanol–water partition coefficient (Wildman–Crippen LogP) is 2.31.